The third-order valence-electron chi connectivity index (χ3n) is 2.52. The summed E-state index contributed by atoms with van der Waals surface area (Å²) in [6.07, 6.45) is 0. The molecule has 0 saturated heterocycles. The molecule has 0 unspecified atom stereocenters. The first kappa shape index (κ1) is 14.4. The molecule has 106 valence electrons. The molecule has 21 heavy (non-hydrogen) atoms. The number of carboxylic acid groups (broad SMARTS) is 1. The van der Waals surface area contributed by atoms with Crippen molar-refractivity contribution in [3.63, 3.8) is 0 Å². The van der Waals surface area contributed by atoms with Crippen LogP contribution < -0.4 is 4.74 Å². The van der Waals surface area contributed by atoms with Gasteiger partial charge < -0.3 is 9.84 Å². The van der Waals surface area contributed by atoms with Crippen molar-refractivity contribution < 1.29 is 27.8 Å². The molecule has 7 heteroatoms. The molecule has 2 aromatic rings. The van der Waals surface area contributed by atoms with Gasteiger partial charge in [0.1, 0.15) is 0 Å². The Morgan fingerprint density at radius 3 is 2.19 bits per heavy atom. The maximum absolute atomic E-state index is 13.6. The van der Waals surface area contributed by atoms with Crippen molar-refractivity contribution in [1.82, 2.24) is 0 Å². The van der Waals surface area contributed by atoms with E-state index in [1.165, 1.54) is 6.07 Å². The second-order valence-electron chi connectivity index (χ2n) is 3.93. The SMILES string of the molecule is N#Cc1ccc(Oc2c(F)cc(C(=O)O)cc2F)c(F)c1. The van der Waals surface area contributed by atoms with E-state index in [9.17, 15) is 18.0 Å². The Morgan fingerprint density at radius 2 is 1.71 bits per heavy atom. The zero-order chi connectivity index (χ0) is 15.6. The van der Waals surface area contributed by atoms with Crippen LogP contribution in [0.15, 0.2) is 30.3 Å². The molecule has 0 saturated carbocycles. The van der Waals surface area contributed by atoms with Gasteiger partial charge in [0.15, 0.2) is 29.0 Å². The van der Waals surface area contributed by atoms with E-state index in [0.717, 1.165) is 12.1 Å². The Hall–Kier alpha value is -3.01. The minimum atomic E-state index is -1.51. The summed E-state index contributed by atoms with van der Waals surface area (Å²) in [7, 11) is 0. The molecular weight excluding hydrogens is 287 g/mol. The molecule has 0 bridgehead atoms. The molecular formula is C14H6F3NO3. The highest BCUT2D eigenvalue weighted by molar-refractivity contribution is 5.87. The Labute approximate surface area is 116 Å². The predicted octanol–water partition coefficient (Wildman–Crippen LogP) is 3.47. The Bertz CT molecular complexity index is 746. The van der Waals surface area contributed by atoms with Crippen LogP contribution >= 0.6 is 0 Å². The average molecular weight is 293 g/mol. The molecule has 0 atom stereocenters. The first-order valence-corrected chi connectivity index (χ1v) is 5.52. The number of nitrogens with zero attached hydrogens (tertiary/aromatic N) is 1. The lowest BCUT2D eigenvalue weighted by atomic mass is 10.2. The highest BCUT2D eigenvalue weighted by Crippen LogP contribution is 2.30. The van der Waals surface area contributed by atoms with E-state index < -0.39 is 40.5 Å². The largest absolute Gasteiger partial charge is 0.478 e. The van der Waals surface area contributed by atoms with Crippen LogP contribution in [-0.2, 0) is 0 Å². The molecule has 2 rings (SSSR count). The van der Waals surface area contributed by atoms with Crippen LogP contribution in [0.1, 0.15) is 15.9 Å². The minimum Gasteiger partial charge on any atom is -0.478 e. The molecule has 0 spiro atoms. The molecule has 0 aliphatic carbocycles. The fraction of sp³-hybridized carbons (Fsp3) is 0. The number of hydrogen-bond acceptors (Lipinski definition) is 3. The number of rotatable bonds is 3. The third-order valence-corrected chi connectivity index (χ3v) is 2.52. The second kappa shape index (κ2) is 5.54. The van der Waals surface area contributed by atoms with E-state index in [1.54, 1.807) is 6.07 Å². The molecule has 1 N–H and O–H groups in total. The molecule has 0 fully saturated rings. The minimum absolute atomic E-state index is 0.0158. The highest BCUT2D eigenvalue weighted by atomic mass is 19.1. The maximum atomic E-state index is 13.6. The number of aromatic carboxylic acids is 1. The number of hydrogen-bond donors (Lipinski definition) is 1. The van der Waals surface area contributed by atoms with E-state index in [4.69, 9.17) is 15.1 Å². The van der Waals surface area contributed by atoms with Gasteiger partial charge in [-0.25, -0.2) is 18.0 Å². The summed E-state index contributed by atoms with van der Waals surface area (Å²) in [4.78, 5) is 10.6. The topological polar surface area (TPSA) is 70.3 Å². The van der Waals surface area contributed by atoms with Crippen molar-refractivity contribution in [3.05, 3.63) is 58.9 Å². The fourth-order valence-electron chi connectivity index (χ4n) is 1.54. The Morgan fingerprint density at radius 1 is 1.10 bits per heavy atom. The second-order valence-corrected chi connectivity index (χ2v) is 3.93. The van der Waals surface area contributed by atoms with Crippen LogP contribution in [0.5, 0.6) is 11.5 Å². The fourth-order valence-corrected chi connectivity index (χ4v) is 1.54. The van der Waals surface area contributed by atoms with Gasteiger partial charge in [0.05, 0.1) is 17.2 Å². The van der Waals surface area contributed by atoms with Gasteiger partial charge >= 0.3 is 5.97 Å². The van der Waals surface area contributed by atoms with E-state index in [-0.39, 0.29) is 5.56 Å². The van der Waals surface area contributed by atoms with Gasteiger partial charge in [-0.2, -0.15) is 5.26 Å². The van der Waals surface area contributed by atoms with Crippen molar-refractivity contribution in [1.29, 1.82) is 5.26 Å². The summed E-state index contributed by atoms with van der Waals surface area (Å²) in [5.74, 6) is -6.47. The zero-order valence-corrected chi connectivity index (χ0v) is 10.2. The molecule has 0 aliphatic heterocycles. The molecule has 4 nitrogen and oxygen atoms in total. The van der Waals surface area contributed by atoms with Gasteiger partial charge in [0, 0.05) is 0 Å². The molecule has 0 aliphatic rings. The summed E-state index contributed by atoms with van der Waals surface area (Å²) in [5.41, 5.74) is -0.584. The monoisotopic (exact) mass is 293 g/mol. The van der Waals surface area contributed by atoms with Gasteiger partial charge in [0.2, 0.25) is 0 Å². The lowest BCUT2D eigenvalue weighted by molar-refractivity contribution is 0.0695. The van der Waals surface area contributed by atoms with Crippen LogP contribution in [0.3, 0.4) is 0 Å². The van der Waals surface area contributed by atoms with Crippen LogP contribution in [0.25, 0.3) is 0 Å². The zero-order valence-electron chi connectivity index (χ0n) is 10.2. The van der Waals surface area contributed by atoms with E-state index >= 15 is 0 Å². The number of carboxylic acids is 1. The van der Waals surface area contributed by atoms with Crippen molar-refractivity contribution in [2.75, 3.05) is 0 Å². The third kappa shape index (κ3) is 2.95. The first-order chi connectivity index (χ1) is 9.92. The van der Waals surface area contributed by atoms with Crippen molar-refractivity contribution in [3.8, 4) is 17.6 Å². The van der Waals surface area contributed by atoms with Crippen LogP contribution in [-0.4, -0.2) is 11.1 Å². The van der Waals surface area contributed by atoms with Gasteiger partial charge in [-0.1, -0.05) is 0 Å². The number of carbonyl (C=O) groups is 1. The lowest BCUT2D eigenvalue weighted by Gasteiger charge is -2.09. The Balaban J connectivity index is 2.41. The van der Waals surface area contributed by atoms with E-state index in [2.05, 4.69) is 0 Å². The first-order valence-electron chi connectivity index (χ1n) is 5.52. The summed E-state index contributed by atoms with van der Waals surface area (Å²) in [6, 6.07) is 5.90. The van der Waals surface area contributed by atoms with E-state index in [1.807, 2.05) is 0 Å². The van der Waals surface area contributed by atoms with Crippen LogP contribution in [0.4, 0.5) is 13.2 Å². The van der Waals surface area contributed by atoms with Gasteiger partial charge in [0.25, 0.3) is 0 Å². The van der Waals surface area contributed by atoms with Crippen molar-refractivity contribution in [2.45, 2.75) is 0 Å². The molecule has 0 heterocycles. The van der Waals surface area contributed by atoms with Crippen LogP contribution in [0, 0.1) is 28.8 Å². The van der Waals surface area contributed by atoms with Gasteiger partial charge in [-0.15, -0.1) is 0 Å². The molecule has 0 amide bonds. The summed E-state index contributed by atoms with van der Waals surface area (Å²) in [5, 5.41) is 17.2. The lowest BCUT2D eigenvalue weighted by Crippen LogP contribution is -2.01. The Kier molecular flexibility index (Phi) is 3.80. The summed E-state index contributed by atoms with van der Waals surface area (Å²) < 4.78 is 45.6. The van der Waals surface area contributed by atoms with Gasteiger partial charge in [-0.05, 0) is 30.3 Å². The summed E-state index contributed by atoms with van der Waals surface area (Å²) in [6.45, 7) is 0. The quantitative estimate of drug-likeness (QED) is 0.940. The normalized spacial score (nSPS) is 10.0. The number of ether oxygens (including phenoxy) is 1. The molecule has 0 radical (unpaired) electrons. The van der Waals surface area contributed by atoms with Gasteiger partial charge in [-0.3, -0.25) is 0 Å². The van der Waals surface area contributed by atoms with E-state index in [0.29, 0.717) is 12.1 Å². The van der Waals surface area contributed by atoms with Crippen molar-refractivity contribution >= 4 is 5.97 Å². The smallest absolute Gasteiger partial charge is 0.335 e. The predicted molar refractivity (Wildman–Crippen MR) is 64.5 cm³/mol. The number of nitriles is 1. The number of benzene rings is 2. The highest BCUT2D eigenvalue weighted by Gasteiger charge is 2.18. The maximum Gasteiger partial charge on any atom is 0.335 e. The average Bonchev–Trinajstić information content (AvgIpc) is 2.43. The molecule has 0 aromatic heterocycles. The van der Waals surface area contributed by atoms with Crippen molar-refractivity contribution in [2.24, 2.45) is 0 Å². The summed E-state index contributed by atoms with van der Waals surface area (Å²) >= 11 is 0. The van der Waals surface area contributed by atoms with Crippen LogP contribution in [0.2, 0.25) is 0 Å². The number of halogens is 3. The standard InChI is InChI=1S/C14H6F3NO3/c15-9-3-7(6-18)1-2-12(9)21-13-10(16)4-8(14(19)20)5-11(13)17/h1-5H,(H,19,20). The molecule has 2 aromatic carbocycles.